The molecule has 59 heavy (non-hydrogen) atoms. The first-order valence-electron chi connectivity index (χ1n) is 17.1. The zero-order chi connectivity index (χ0) is 42.7. The van der Waals surface area contributed by atoms with E-state index in [9.17, 15) is 55.7 Å². The molecule has 0 bridgehead atoms. The van der Waals surface area contributed by atoms with Gasteiger partial charge in [0.25, 0.3) is 22.5 Å². The summed E-state index contributed by atoms with van der Waals surface area (Å²) in [5, 5.41) is 86.6. The molecule has 3 aromatic carbocycles. The first kappa shape index (κ1) is 45.6. The number of pyridine rings is 2. The molecule has 20 nitrogen and oxygen atoms in total. The first-order chi connectivity index (χ1) is 27.7. The molecule has 0 spiro atoms. The van der Waals surface area contributed by atoms with Crippen molar-refractivity contribution in [2.75, 3.05) is 7.11 Å². The quantitative estimate of drug-likeness (QED) is 0.0619. The van der Waals surface area contributed by atoms with E-state index in [2.05, 4.69) is 20.5 Å². The number of nitro benzene ring substituents is 2. The molecule has 0 saturated carbocycles. The van der Waals surface area contributed by atoms with Crippen LogP contribution in [0.3, 0.4) is 0 Å². The molecule has 1 radical (unpaired) electrons. The Bertz CT molecular complexity index is 2670. The van der Waals surface area contributed by atoms with Crippen molar-refractivity contribution < 1.29 is 46.7 Å². The Labute approximate surface area is 344 Å². The van der Waals surface area contributed by atoms with Crippen LogP contribution in [0.15, 0.2) is 96.8 Å². The maximum Gasteiger partial charge on any atom is 0.271 e. The van der Waals surface area contributed by atoms with E-state index < -0.39 is 26.8 Å². The summed E-state index contributed by atoms with van der Waals surface area (Å²) < 4.78 is 7.65. The zero-order valence-corrected chi connectivity index (χ0v) is 32.7. The molecular formula is C38H34CoN10O10. The molecule has 0 aliphatic rings. The molecule has 0 fully saturated rings. The van der Waals surface area contributed by atoms with Gasteiger partial charge in [0.15, 0.2) is 11.4 Å². The maximum atomic E-state index is 12.6. The molecule has 0 aliphatic heterocycles. The average molecular weight is 850 g/mol. The van der Waals surface area contributed by atoms with Gasteiger partial charge in [-0.1, -0.05) is 43.7 Å². The smallest absolute Gasteiger partial charge is 0.271 e. The van der Waals surface area contributed by atoms with Gasteiger partial charge in [0.1, 0.15) is 46.1 Å². The van der Waals surface area contributed by atoms with Crippen LogP contribution in [0.4, 0.5) is 34.1 Å². The van der Waals surface area contributed by atoms with Gasteiger partial charge in [0.05, 0.1) is 23.5 Å². The number of azo groups is 2. The minimum Gasteiger partial charge on any atom is -0.506 e. The van der Waals surface area contributed by atoms with E-state index in [1.807, 2.05) is 13.0 Å². The number of aromatic hydroxyl groups is 3. The number of nitro groups is 2. The van der Waals surface area contributed by atoms with Crippen LogP contribution in [0.1, 0.15) is 47.6 Å². The SMILES string of the molecule is CCCCn1c(OC)c(N=Nc2cc([N+](=O)[O-])ccc2O)c(C)c(C#N)c1=O.Cc1c(N=Nc2cc([N+](=O)[O-])ccc2O)c(O)n(Cc2ccccc2)c(=O)c1C#N.[Co]. The van der Waals surface area contributed by atoms with Crippen LogP contribution in [-0.2, 0) is 29.9 Å². The van der Waals surface area contributed by atoms with Crippen molar-refractivity contribution in [1.29, 1.82) is 10.5 Å². The third kappa shape index (κ3) is 10.4. The van der Waals surface area contributed by atoms with Crippen LogP contribution in [0.2, 0.25) is 0 Å². The first-order valence-corrected chi connectivity index (χ1v) is 17.1. The van der Waals surface area contributed by atoms with Crippen LogP contribution < -0.4 is 15.9 Å². The molecule has 2 aromatic heterocycles. The Hall–Kier alpha value is -7.75. The summed E-state index contributed by atoms with van der Waals surface area (Å²) in [5.74, 6) is -1.05. The van der Waals surface area contributed by atoms with Crippen molar-refractivity contribution in [3.63, 3.8) is 0 Å². The Kier molecular flexibility index (Phi) is 15.8. The van der Waals surface area contributed by atoms with Gasteiger partial charge in [-0.15, -0.1) is 20.5 Å². The minimum absolute atomic E-state index is 0. The van der Waals surface area contributed by atoms with Gasteiger partial charge in [-0.25, -0.2) is 0 Å². The minimum atomic E-state index is -0.687. The number of non-ortho nitro benzene ring substituents is 2. The van der Waals surface area contributed by atoms with Crippen LogP contribution in [0.5, 0.6) is 23.3 Å². The van der Waals surface area contributed by atoms with E-state index in [1.165, 1.54) is 25.5 Å². The van der Waals surface area contributed by atoms with Gasteiger partial charge in [0, 0.05) is 58.7 Å². The van der Waals surface area contributed by atoms with E-state index in [4.69, 9.17) is 4.74 Å². The van der Waals surface area contributed by atoms with Crippen molar-refractivity contribution in [2.24, 2.45) is 20.5 Å². The standard InChI is InChI=1S/C20H15N5O5.C18H19N5O5.Co/c1-12-15(10-21)19(27)24(11-13-5-3-2-4-6-13)20(28)18(12)23-22-16-9-14(25(29)30)7-8-17(16)26;1-4-5-8-22-17(25)13(10-19)11(2)16(18(22)28-3)21-20-14-9-12(23(26)27)6-7-15(14)24;/h2-9,26,28H,11H2,1H3;6-7,9,24H,4-5,8H2,1-3H3;. The number of methoxy groups -OCH3 is 1. The van der Waals surface area contributed by atoms with Crippen molar-refractivity contribution in [1.82, 2.24) is 9.13 Å². The molecular weight excluding hydrogens is 815 g/mol. The molecule has 0 aliphatic carbocycles. The van der Waals surface area contributed by atoms with Gasteiger partial charge in [-0.2, -0.15) is 10.5 Å². The third-order valence-corrected chi connectivity index (χ3v) is 8.48. The fraction of sp³-hybridized carbons (Fsp3) is 0.211. The molecule has 0 unspecified atom stereocenters. The van der Waals surface area contributed by atoms with Crippen molar-refractivity contribution in [3.05, 3.63) is 135 Å². The molecule has 5 aromatic rings. The summed E-state index contributed by atoms with van der Waals surface area (Å²) >= 11 is 0. The zero-order valence-electron chi connectivity index (χ0n) is 31.7. The number of ether oxygens (including phenoxy) is 1. The second-order valence-corrected chi connectivity index (χ2v) is 12.2. The average Bonchev–Trinajstić information content (AvgIpc) is 3.20. The number of unbranched alkanes of at least 4 members (excludes halogenated alkanes) is 1. The normalized spacial score (nSPS) is 10.6. The number of nitriles is 2. The fourth-order valence-electron chi connectivity index (χ4n) is 5.36. The number of nitrogens with zero attached hydrogens (tertiary/aromatic N) is 10. The van der Waals surface area contributed by atoms with E-state index in [-0.39, 0.29) is 97.1 Å². The molecule has 0 atom stereocenters. The van der Waals surface area contributed by atoms with Crippen LogP contribution >= 0.6 is 0 Å². The molecule has 2 heterocycles. The molecule has 21 heteroatoms. The van der Waals surface area contributed by atoms with E-state index in [0.29, 0.717) is 18.5 Å². The van der Waals surface area contributed by atoms with Gasteiger partial charge >= 0.3 is 0 Å². The van der Waals surface area contributed by atoms with Gasteiger partial charge in [-0.3, -0.25) is 39.0 Å². The van der Waals surface area contributed by atoms with Crippen LogP contribution in [0.25, 0.3) is 0 Å². The number of hydrogen-bond acceptors (Lipinski definition) is 16. The maximum absolute atomic E-state index is 12.6. The van der Waals surface area contributed by atoms with Crippen molar-refractivity contribution in [2.45, 2.75) is 46.7 Å². The van der Waals surface area contributed by atoms with Crippen molar-refractivity contribution >= 4 is 34.1 Å². The van der Waals surface area contributed by atoms with Crippen LogP contribution in [0, 0.1) is 56.7 Å². The van der Waals surface area contributed by atoms with E-state index in [0.717, 1.165) is 47.4 Å². The monoisotopic (exact) mass is 849 g/mol. The summed E-state index contributed by atoms with van der Waals surface area (Å²) in [6, 6.07) is 19.1. The largest absolute Gasteiger partial charge is 0.506 e. The predicted molar refractivity (Wildman–Crippen MR) is 207 cm³/mol. The van der Waals surface area contributed by atoms with Gasteiger partial charge < -0.3 is 20.1 Å². The Morgan fingerprint density at radius 1 is 0.746 bits per heavy atom. The second-order valence-electron chi connectivity index (χ2n) is 12.2. The van der Waals surface area contributed by atoms with E-state index >= 15 is 0 Å². The number of phenols is 2. The van der Waals surface area contributed by atoms with E-state index in [1.54, 1.807) is 36.4 Å². The third-order valence-electron chi connectivity index (χ3n) is 8.48. The number of benzene rings is 3. The summed E-state index contributed by atoms with van der Waals surface area (Å²) in [6.45, 7) is 5.24. The molecule has 3 N–H and O–H groups in total. The Balaban J connectivity index is 0.000000311. The van der Waals surface area contributed by atoms with Gasteiger partial charge in [0.2, 0.25) is 11.8 Å². The Morgan fingerprint density at radius 2 is 1.22 bits per heavy atom. The molecule has 5 rings (SSSR count). The molecule has 0 saturated heterocycles. The topological polar surface area (TPSA) is 297 Å². The van der Waals surface area contributed by atoms with Gasteiger partial charge in [-0.05, 0) is 38.0 Å². The summed E-state index contributed by atoms with van der Waals surface area (Å²) in [6.07, 6.45) is 1.51. The summed E-state index contributed by atoms with van der Waals surface area (Å²) in [7, 11) is 1.37. The van der Waals surface area contributed by atoms with Crippen molar-refractivity contribution in [3.8, 4) is 35.4 Å². The summed E-state index contributed by atoms with van der Waals surface area (Å²) in [5.41, 5.74) is -1.33. The second kappa shape index (κ2) is 20.4. The fourth-order valence-corrected chi connectivity index (χ4v) is 5.36. The number of rotatable bonds is 12. The number of phenolic OH excluding ortho intramolecular Hbond substituents is 2. The number of aromatic nitrogens is 2. The summed E-state index contributed by atoms with van der Waals surface area (Å²) in [4.78, 5) is 45.8. The molecule has 305 valence electrons. The Morgan fingerprint density at radius 3 is 1.68 bits per heavy atom. The number of hydrogen-bond donors (Lipinski definition) is 3. The van der Waals surface area contributed by atoms with Crippen LogP contribution in [-0.4, -0.2) is 41.4 Å². The predicted octanol–water partition coefficient (Wildman–Crippen LogP) is 7.68. The molecule has 0 amide bonds.